The van der Waals surface area contributed by atoms with Gasteiger partial charge in [-0.05, 0) is 55.9 Å². The minimum absolute atomic E-state index is 0.0947. The van der Waals surface area contributed by atoms with Crippen LogP contribution in [0.2, 0.25) is 5.02 Å². The van der Waals surface area contributed by atoms with Crippen LogP contribution in [0.3, 0.4) is 0 Å². The van der Waals surface area contributed by atoms with Crippen molar-refractivity contribution in [3.05, 3.63) is 29.3 Å². The van der Waals surface area contributed by atoms with E-state index in [0.717, 1.165) is 24.2 Å². The highest BCUT2D eigenvalue weighted by Crippen LogP contribution is 2.20. The highest BCUT2D eigenvalue weighted by molar-refractivity contribution is 6.30. The van der Waals surface area contributed by atoms with Crippen LogP contribution >= 0.6 is 11.6 Å². The van der Waals surface area contributed by atoms with Crippen molar-refractivity contribution in [2.45, 2.75) is 52.0 Å². The summed E-state index contributed by atoms with van der Waals surface area (Å²) < 4.78 is 0. The van der Waals surface area contributed by atoms with E-state index >= 15 is 0 Å². The van der Waals surface area contributed by atoms with Crippen LogP contribution in [0.4, 0.5) is 5.69 Å². The maximum Gasteiger partial charge on any atom is 0.262 e. The fourth-order valence-electron chi connectivity index (χ4n) is 2.64. The number of amides is 1. The van der Waals surface area contributed by atoms with E-state index in [2.05, 4.69) is 22.8 Å². The Hall–Kier alpha value is -1.55. The van der Waals surface area contributed by atoms with Gasteiger partial charge in [-0.3, -0.25) is 4.79 Å². The summed E-state index contributed by atoms with van der Waals surface area (Å²) in [5, 5.41) is 8.24. The Morgan fingerprint density at radius 2 is 2.09 bits per heavy atom. The minimum Gasteiger partial charge on any atom is -0.374 e. The first-order chi connectivity index (χ1) is 10.6. The molecule has 1 aliphatic rings. The topological polar surface area (TPSA) is 53.5 Å². The van der Waals surface area contributed by atoms with Gasteiger partial charge >= 0.3 is 0 Å². The molecule has 120 valence electrons. The second-order valence-corrected chi connectivity index (χ2v) is 6.27. The van der Waals surface area contributed by atoms with Gasteiger partial charge in [-0.15, -0.1) is 0 Å². The summed E-state index contributed by atoms with van der Waals surface area (Å²) in [5.74, 6) is 0.376. The van der Waals surface area contributed by atoms with Crippen molar-refractivity contribution < 1.29 is 4.79 Å². The van der Waals surface area contributed by atoms with Gasteiger partial charge in [0, 0.05) is 16.4 Å². The van der Waals surface area contributed by atoms with Gasteiger partial charge in [0.1, 0.15) is 6.04 Å². The molecule has 1 aromatic rings. The van der Waals surface area contributed by atoms with Gasteiger partial charge in [0.2, 0.25) is 0 Å². The molecule has 2 unspecified atom stereocenters. The third-order valence-corrected chi connectivity index (χ3v) is 4.36. The summed E-state index contributed by atoms with van der Waals surface area (Å²) in [6.07, 6.45) is 5.26. The first-order valence-electron chi connectivity index (χ1n) is 7.98. The zero-order valence-electron chi connectivity index (χ0n) is 13.2. The van der Waals surface area contributed by atoms with Crippen LogP contribution < -0.4 is 10.7 Å². The number of nitrogens with one attached hydrogen (secondary N) is 2. The summed E-state index contributed by atoms with van der Waals surface area (Å²) >= 11 is 5.87. The lowest BCUT2D eigenvalue weighted by molar-refractivity contribution is -0.121. The number of carbonyl (C=O) groups is 1. The molecule has 0 aliphatic heterocycles. The standard InChI is InChI=1S/C17H24ClN3O/c1-3-15(19-14-10-8-13(18)9-11-14)17(22)21-20-16-7-5-4-6-12(16)2/h8-12,15,19H,3-7H2,1-2H3,(H,21,22)/b20-16+. The van der Waals surface area contributed by atoms with Crippen molar-refractivity contribution in [1.29, 1.82) is 0 Å². The third-order valence-electron chi connectivity index (χ3n) is 4.11. The normalized spacial score (nSPS) is 21.4. The number of carbonyl (C=O) groups excluding carboxylic acids is 1. The third kappa shape index (κ3) is 4.73. The van der Waals surface area contributed by atoms with Crippen LogP contribution in [0, 0.1) is 5.92 Å². The first kappa shape index (κ1) is 16.8. The van der Waals surface area contributed by atoms with Crippen molar-refractivity contribution in [2.75, 3.05) is 5.32 Å². The van der Waals surface area contributed by atoms with E-state index in [9.17, 15) is 4.79 Å². The van der Waals surface area contributed by atoms with Crippen LogP contribution in [-0.2, 0) is 4.79 Å². The average molecular weight is 322 g/mol. The number of rotatable bonds is 5. The van der Waals surface area contributed by atoms with Crippen molar-refractivity contribution in [1.82, 2.24) is 5.43 Å². The van der Waals surface area contributed by atoms with Gasteiger partial charge in [-0.1, -0.05) is 31.9 Å². The molecule has 2 atom stereocenters. The number of benzene rings is 1. The zero-order chi connectivity index (χ0) is 15.9. The Kier molecular flexibility index (Phi) is 6.25. The highest BCUT2D eigenvalue weighted by atomic mass is 35.5. The zero-order valence-corrected chi connectivity index (χ0v) is 14.0. The fraction of sp³-hybridized carbons (Fsp3) is 0.529. The smallest absolute Gasteiger partial charge is 0.262 e. The van der Waals surface area contributed by atoms with E-state index in [0.29, 0.717) is 17.4 Å². The van der Waals surface area contributed by atoms with E-state index in [1.807, 2.05) is 19.1 Å². The SMILES string of the molecule is CCC(Nc1ccc(Cl)cc1)C(=O)N/N=C1\CCCCC1C. The summed E-state index contributed by atoms with van der Waals surface area (Å²) in [7, 11) is 0. The Labute approximate surface area is 137 Å². The maximum absolute atomic E-state index is 12.3. The van der Waals surface area contributed by atoms with Gasteiger partial charge < -0.3 is 5.32 Å². The van der Waals surface area contributed by atoms with Crippen LogP contribution in [0.5, 0.6) is 0 Å². The molecule has 1 amide bonds. The molecular weight excluding hydrogens is 298 g/mol. The molecule has 2 N–H and O–H groups in total. The van der Waals surface area contributed by atoms with Gasteiger partial charge in [0.15, 0.2) is 0 Å². The number of hydrogen-bond acceptors (Lipinski definition) is 3. The van der Waals surface area contributed by atoms with E-state index in [-0.39, 0.29) is 11.9 Å². The molecule has 22 heavy (non-hydrogen) atoms. The minimum atomic E-state index is -0.301. The van der Waals surface area contributed by atoms with Gasteiger partial charge in [0.25, 0.3) is 5.91 Å². The van der Waals surface area contributed by atoms with Crippen LogP contribution in [0.25, 0.3) is 0 Å². The van der Waals surface area contributed by atoms with Crippen molar-refractivity contribution in [3.63, 3.8) is 0 Å². The Morgan fingerprint density at radius 3 is 2.73 bits per heavy atom. The summed E-state index contributed by atoms with van der Waals surface area (Å²) in [6, 6.07) is 7.04. The summed E-state index contributed by atoms with van der Waals surface area (Å²) in [4.78, 5) is 12.3. The van der Waals surface area contributed by atoms with E-state index < -0.39 is 0 Å². The van der Waals surface area contributed by atoms with Crippen molar-refractivity contribution >= 4 is 28.9 Å². The number of nitrogens with zero attached hydrogens (tertiary/aromatic N) is 1. The molecule has 2 rings (SSSR count). The molecule has 1 aromatic carbocycles. The molecule has 5 heteroatoms. The largest absolute Gasteiger partial charge is 0.374 e. The molecule has 0 radical (unpaired) electrons. The van der Waals surface area contributed by atoms with E-state index in [4.69, 9.17) is 11.6 Å². The molecule has 0 saturated heterocycles. The quantitative estimate of drug-likeness (QED) is 0.798. The summed E-state index contributed by atoms with van der Waals surface area (Å²) in [6.45, 7) is 4.15. The Balaban J connectivity index is 1.93. The lowest BCUT2D eigenvalue weighted by Crippen LogP contribution is -2.37. The van der Waals surface area contributed by atoms with Crippen molar-refractivity contribution in [3.8, 4) is 0 Å². The number of halogens is 1. The number of hydrogen-bond donors (Lipinski definition) is 2. The molecule has 1 aliphatic carbocycles. The van der Waals surface area contributed by atoms with Gasteiger partial charge in [0.05, 0.1) is 0 Å². The molecule has 0 aromatic heterocycles. The van der Waals surface area contributed by atoms with Crippen molar-refractivity contribution in [2.24, 2.45) is 11.0 Å². The van der Waals surface area contributed by atoms with Crippen LogP contribution in [0.15, 0.2) is 29.4 Å². The van der Waals surface area contributed by atoms with Gasteiger partial charge in [-0.25, -0.2) is 5.43 Å². The lowest BCUT2D eigenvalue weighted by atomic mass is 9.89. The number of hydrazone groups is 1. The predicted molar refractivity (Wildman–Crippen MR) is 92.4 cm³/mol. The molecule has 1 fully saturated rings. The molecular formula is C17H24ClN3O. The predicted octanol–water partition coefficient (Wildman–Crippen LogP) is 4.21. The molecule has 0 spiro atoms. The average Bonchev–Trinajstić information content (AvgIpc) is 2.53. The molecule has 1 saturated carbocycles. The Bertz CT molecular complexity index is 527. The number of anilines is 1. The van der Waals surface area contributed by atoms with E-state index in [1.165, 1.54) is 12.8 Å². The van der Waals surface area contributed by atoms with Crippen LogP contribution in [0.1, 0.15) is 46.0 Å². The second kappa shape index (κ2) is 8.18. The second-order valence-electron chi connectivity index (χ2n) is 5.84. The lowest BCUT2D eigenvalue weighted by Gasteiger charge is -2.21. The Morgan fingerprint density at radius 1 is 1.36 bits per heavy atom. The highest BCUT2D eigenvalue weighted by Gasteiger charge is 2.19. The first-order valence-corrected chi connectivity index (χ1v) is 8.36. The molecule has 0 bridgehead atoms. The maximum atomic E-state index is 12.3. The monoisotopic (exact) mass is 321 g/mol. The van der Waals surface area contributed by atoms with Gasteiger partial charge in [-0.2, -0.15) is 5.10 Å². The fourth-order valence-corrected chi connectivity index (χ4v) is 2.77. The summed E-state index contributed by atoms with van der Waals surface area (Å²) in [5.41, 5.74) is 4.72. The molecule has 0 heterocycles. The van der Waals surface area contributed by atoms with Crippen LogP contribution in [-0.4, -0.2) is 17.7 Å². The molecule has 4 nitrogen and oxygen atoms in total. The van der Waals surface area contributed by atoms with E-state index in [1.54, 1.807) is 12.1 Å².